The van der Waals surface area contributed by atoms with Crippen molar-refractivity contribution in [1.29, 1.82) is 0 Å². The van der Waals surface area contributed by atoms with Crippen molar-refractivity contribution in [2.24, 2.45) is 5.92 Å². The van der Waals surface area contributed by atoms with Gasteiger partial charge < -0.3 is 4.90 Å². The molecule has 0 amide bonds. The summed E-state index contributed by atoms with van der Waals surface area (Å²) in [6.45, 7) is 2.01. The number of alkyl halides is 5. The summed E-state index contributed by atoms with van der Waals surface area (Å²) in [4.78, 5) is 2.04. The molecule has 0 bridgehead atoms. The number of rotatable bonds is 7. The number of halogens is 6. The highest BCUT2D eigenvalue weighted by atomic mass is 19.4. The van der Waals surface area contributed by atoms with Gasteiger partial charge in [0.2, 0.25) is 6.43 Å². The average molecular weight is 530 g/mol. The van der Waals surface area contributed by atoms with Crippen LogP contribution in [0, 0.1) is 11.7 Å². The minimum absolute atomic E-state index is 0.00559. The number of likely N-dealkylation sites (tertiary alicyclic amines) is 1. The first-order valence-corrected chi connectivity index (χ1v) is 13.0. The molecule has 7 heteroatoms. The van der Waals surface area contributed by atoms with Crippen LogP contribution in [0.4, 0.5) is 26.3 Å². The Morgan fingerprint density at radius 1 is 0.842 bits per heavy atom. The van der Waals surface area contributed by atoms with Crippen LogP contribution in [0.2, 0.25) is 0 Å². The Morgan fingerprint density at radius 2 is 1.55 bits per heavy atom. The summed E-state index contributed by atoms with van der Waals surface area (Å²) < 4.78 is 80.8. The fraction of sp³-hybridized carbons (Fsp3) is 0.355. The van der Waals surface area contributed by atoms with Crippen molar-refractivity contribution in [3.63, 3.8) is 0 Å². The van der Waals surface area contributed by atoms with Crippen LogP contribution in [0.3, 0.4) is 0 Å². The Hall–Kier alpha value is -3.06. The maximum Gasteiger partial charge on any atom is 0.419 e. The molecule has 3 aromatic rings. The van der Waals surface area contributed by atoms with Gasteiger partial charge in [-0.1, -0.05) is 60.7 Å². The lowest BCUT2D eigenvalue weighted by Crippen LogP contribution is -2.48. The molecule has 1 heterocycles. The zero-order valence-corrected chi connectivity index (χ0v) is 20.9. The SMILES string of the molecule is Fc1c(C2=C(c3ccc(CC4CN(CCC(F)F)C4)cc3)c3ccccc3CCC2)cccc1C(F)(F)F. The quantitative estimate of drug-likeness (QED) is 0.279. The van der Waals surface area contributed by atoms with Gasteiger partial charge in [-0.3, -0.25) is 0 Å². The lowest BCUT2D eigenvalue weighted by atomic mass is 9.86. The second kappa shape index (κ2) is 11.0. The van der Waals surface area contributed by atoms with Gasteiger partial charge in [-0.25, -0.2) is 13.2 Å². The van der Waals surface area contributed by atoms with Crippen LogP contribution < -0.4 is 0 Å². The molecule has 0 saturated carbocycles. The van der Waals surface area contributed by atoms with Gasteiger partial charge in [-0.15, -0.1) is 0 Å². The number of nitrogens with zero attached hydrogens (tertiary/aromatic N) is 1. The van der Waals surface area contributed by atoms with E-state index in [1.807, 2.05) is 53.4 Å². The van der Waals surface area contributed by atoms with E-state index < -0.39 is 24.0 Å². The van der Waals surface area contributed by atoms with Gasteiger partial charge in [0.15, 0.2) is 0 Å². The third-order valence-corrected chi connectivity index (χ3v) is 7.55. The molecule has 1 saturated heterocycles. The van der Waals surface area contributed by atoms with Crippen molar-refractivity contribution >= 4 is 11.1 Å². The highest BCUT2D eigenvalue weighted by Gasteiger charge is 2.36. The first kappa shape index (κ1) is 26.5. The van der Waals surface area contributed by atoms with Crippen molar-refractivity contribution in [3.8, 4) is 0 Å². The fourth-order valence-electron chi connectivity index (χ4n) is 5.72. The van der Waals surface area contributed by atoms with E-state index in [4.69, 9.17) is 0 Å². The summed E-state index contributed by atoms with van der Waals surface area (Å²) in [5.74, 6) is -0.823. The minimum atomic E-state index is -4.78. The second-order valence-corrected chi connectivity index (χ2v) is 10.2. The van der Waals surface area contributed by atoms with Gasteiger partial charge in [0.05, 0.1) is 5.56 Å². The third-order valence-electron chi connectivity index (χ3n) is 7.55. The van der Waals surface area contributed by atoms with Crippen molar-refractivity contribution in [3.05, 3.63) is 106 Å². The largest absolute Gasteiger partial charge is 0.419 e. The van der Waals surface area contributed by atoms with Crippen LogP contribution in [-0.2, 0) is 19.0 Å². The Labute approximate surface area is 218 Å². The van der Waals surface area contributed by atoms with Crippen LogP contribution in [0.25, 0.3) is 11.1 Å². The molecular weight excluding hydrogens is 500 g/mol. The van der Waals surface area contributed by atoms with Gasteiger partial charge in [0, 0.05) is 31.6 Å². The van der Waals surface area contributed by atoms with E-state index in [1.165, 1.54) is 12.1 Å². The average Bonchev–Trinajstić information content (AvgIpc) is 3.04. The van der Waals surface area contributed by atoms with E-state index >= 15 is 4.39 Å². The molecule has 0 atom stereocenters. The minimum Gasteiger partial charge on any atom is -0.302 e. The molecule has 0 aromatic heterocycles. The normalized spacial score (nSPS) is 16.9. The number of hydrogen-bond donors (Lipinski definition) is 0. The van der Waals surface area contributed by atoms with Gasteiger partial charge in [0.1, 0.15) is 5.82 Å². The zero-order chi connectivity index (χ0) is 26.9. The maximum absolute atomic E-state index is 15.3. The smallest absolute Gasteiger partial charge is 0.302 e. The van der Waals surface area contributed by atoms with E-state index in [2.05, 4.69) is 0 Å². The lowest BCUT2D eigenvalue weighted by Gasteiger charge is -2.39. The van der Waals surface area contributed by atoms with Crippen LogP contribution in [0.15, 0.2) is 66.7 Å². The Kier molecular flexibility index (Phi) is 7.66. The summed E-state index contributed by atoms with van der Waals surface area (Å²) in [5.41, 5.74) is 4.05. The topological polar surface area (TPSA) is 3.24 Å². The number of aryl methyl sites for hydroxylation is 1. The summed E-state index contributed by atoms with van der Waals surface area (Å²) in [5, 5.41) is 0. The van der Waals surface area contributed by atoms with Crippen molar-refractivity contribution in [1.82, 2.24) is 4.90 Å². The molecule has 200 valence electrons. The molecule has 2 aliphatic rings. The maximum atomic E-state index is 15.3. The third kappa shape index (κ3) is 5.68. The number of fused-ring (bicyclic) bond motifs is 1. The highest BCUT2D eigenvalue weighted by Crippen LogP contribution is 2.42. The molecule has 0 spiro atoms. The Morgan fingerprint density at radius 3 is 2.26 bits per heavy atom. The van der Waals surface area contributed by atoms with E-state index in [9.17, 15) is 22.0 Å². The van der Waals surface area contributed by atoms with Gasteiger partial charge >= 0.3 is 6.18 Å². The number of hydrogen-bond acceptors (Lipinski definition) is 1. The number of benzene rings is 3. The second-order valence-electron chi connectivity index (χ2n) is 10.2. The zero-order valence-electron chi connectivity index (χ0n) is 20.9. The van der Waals surface area contributed by atoms with Gasteiger partial charge in [-0.05, 0) is 71.1 Å². The summed E-state index contributed by atoms with van der Waals surface area (Å²) >= 11 is 0. The Bertz CT molecular complexity index is 1300. The predicted molar refractivity (Wildman–Crippen MR) is 137 cm³/mol. The van der Waals surface area contributed by atoms with E-state index in [1.54, 1.807) is 0 Å². The molecule has 1 aliphatic heterocycles. The van der Waals surface area contributed by atoms with Crippen molar-refractivity contribution in [2.75, 3.05) is 19.6 Å². The van der Waals surface area contributed by atoms with Gasteiger partial charge in [-0.2, -0.15) is 13.2 Å². The molecule has 0 N–H and O–H groups in total. The molecule has 5 rings (SSSR count). The first-order chi connectivity index (χ1) is 18.2. The molecule has 1 fully saturated rings. The van der Waals surface area contributed by atoms with Crippen LogP contribution in [0.5, 0.6) is 0 Å². The monoisotopic (exact) mass is 529 g/mol. The molecule has 0 unspecified atom stereocenters. The standard InChI is InChI=1S/C31H29F6N/c32-28(33)15-16-38-18-21(19-38)17-20-11-13-23(14-12-20)29-24-7-2-1-5-22(24)6-3-8-25(29)26-9-4-10-27(30(26)34)31(35,36)37/h1-2,4-5,7,9-14,21,28H,3,6,8,15-19H2. The summed E-state index contributed by atoms with van der Waals surface area (Å²) in [7, 11) is 0. The van der Waals surface area contributed by atoms with Crippen LogP contribution >= 0.6 is 0 Å². The van der Waals surface area contributed by atoms with Gasteiger partial charge in [0.25, 0.3) is 0 Å². The van der Waals surface area contributed by atoms with Crippen LogP contribution in [0.1, 0.15) is 52.6 Å². The van der Waals surface area contributed by atoms with Crippen LogP contribution in [-0.4, -0.2) is 31.0 Å². The Balaban J connectivity index is 1.48. The molecular formula is C31H29F6N. The molecule has 3 aromatic carbocycles. The number of allylic oxidation sites excluding steroid dienone is 1. The molecule has 1 aliphatic carbocycles. The first-order valence-electron chi connectivity index (χ1n) is 13.0. The van der Waals surface area contributed by atoms with E-state index in [0.29, 0.717) is 30.9 Å². The highest BCUT2D eigenvalue weighted by molar-refractivity contribution is 6.00. The van der Waals surface area contributed by atoms with E-state index in [0.717, 1.165) is 59.8 Å². The lowest BCUT2D eigenvalue weighted by molar-refractivity contribution is -0.140. The summed E-state index contributed by atoms with van der Waals surface area (Å²) in [6.07, 6.45) is -4.41. The van der Waals surface area contributed by atoms with Crippen molar-refractivity contribution < 1.29 is 26.3 Å². The van der Waals surface area contributed by atoms with Crippen molar-refractivity contribution in [2.45, 2.75) is 44.7 Å². The van der Waals surface area contributed by atoms with E-state index in [-0.39, 0.29) is 12.0 Å². The molecule has 1 nitrogen and oxygen atoms in total. The molecule has 0 radical (unpaired) electrons. The molecule has 38 heavy (non-hydrogen) atoms. The fourth-order valence-corrected chi connectivity index (χ4v) is 5.72. The summed E-state index contributed by atoms with van der Waals surface area (Å²) in [6, 6.07) is 19.3. The predicted octanol–water partition coefficient (Wildman–Crippen LogP) is 8.27.